The van der Waals surface area contributed by atoms with Gasteiger partial charge in [-0.1, -0.05) is 17.7 Å². The summed E-state index contributed by atoms with van der Waals surface area (Å²) in [5, 5.41) is 2.25. The highest BCUT2D eigenvalue weighted by molar-refractivity contribution is 7.81. The van der Waals surface area contributed by atoms with E-state index in [1.807, 2.05) is 13.0 Å². The second-order valence-corrected chi connectivity index (χ2v) is 9.38. The molecule has 160 valence electrons. The highest BCUT2D eigenvalue weighted by Gasteiger charge is 2.26. The van der Waals surface area contributed by atoms with E-state index in [9.17, 15) is 18.4 Å². The van der Waals surface area contributed by atoms with Gasteiger partial charge in [0.1, 0.15) is 5.00 Å². The molecule has 7 nitrogen and oxygen atoms in total. The summed E-state index contributed by atoms with van der Waals surface area (Å²) < 4.78 is 26.9. The van der Waals surface area contributed by atoms with Crippen molar-refractivity contribution in [1.29, 1.82) is 0 Å². The van der Waals surface area contributed by atoms with E-state index in [2.05, 4.69) is 4.98 Å². The summed E-state index contributed by atoms with van der Waals surface area (Å²) in [5.74, 6) is -1.42. The fourth-order valence-electron chi connectivity index (χ4n) is 3.46. The van der Waals surface area contributed by atoms with Crippen LogP contribution >= 0.6 is 22.9 Å². The molecule has 0 aliphatic rings. The average molecular weight is 475 g/mol. The number of amides is 1. The molecule has 1 N–H and O–H groups in total. The Kier molecular flexibility index (Phi) is 5.61. The molecule has 2 heterocycles. The van der Waals surface area contributed by atoms with Gasteiger partial charge in [0.15, 0.2) is 0 Å². The number of benzene rings is 2. The van der Waals surface area contributed by atoms with Gasteiger partial charge in [-0.25, -0.2) is 0 Å². The van der Waals surface area contributed by atoms with Crippen LogP contribution in [-0.2, 0) is 16.1 Å². The zero-order valence-electron chi connectivity index (χ0n) is 16.8. The zero-order valence-corrected chi connectivity index (χ0v) is 19.2. The third-order valence-corrected chi connectivity index (χ3v) is 7.24. The molecular formula is C21H17ClN3O4S2-. The van der Waals surface area contributed by atoms with Crippen molar-refractivity contribution >= 4 is 77.6 Å². The van der Waals surface area contributed by atoms with Crippen molar-refractivity contribution in [3.8, 4) is 0 Å². The first-order valence-corrected chi connectivity index (χ1v) is 11.4. The number of halogens is 1. The number of thiophene rings is 1. The molecule has 0 fully saturated rings. The van der Waals surface area contributed by atoms with Crippen LogP contribution in [0.1, 0.15) is 15.9 Å². The van der Waals surface area contributed by atoms with Crippen LogP contribution < -0.4 is 4.31 Å². The summed E-state index contributed by atoms with van der Waals surface area (Å²) in [6.07, 6.45) is 1.43. The van der Waals surface area contributed by atoms with Gasteiger partial charge in [0.05, 0.1) is 22.5 Å². The zero-order chi connectivity index (χ0) is 22.4. The van der Waals surface area contributed by atoms with Crippen molar-refractivity contribution in [1.82, 2.24) is 9.88 Å². The summed E-state index contributed by atoms with van der Waals surface area (Å²) in [6, 6.07) is 10.4. The summed E-state index contributed by atoms with van der Waals surface area (Å²) in [4.78, 5) is 29.2. The first-order valence-electron chi connectivity index (χ1n) is 9.15. The third kappa shape index (κ3) is 3.63. The van der Waals surface area contributed by atoms with Gasteiger partial charge >= 0.3 is 0 Å². The topological polar surface area (TPSA) is 96.5 Å². The second-order valence-electron chi connectivity index (χ2n) is 7.11. The monoisotopic (exact) mass is 474 g/mol. The average Bonchev–Trinajstić information content (AvgIpc) is 3.29. The second kappa shape index (κ2) is 8.08. The molecule has 0 radical (unpaired) electrons. The number of H-pyrrole nitrogens is 1. The fraction of sp³-hybridized carbons (Fsp3) is 0.143. The van der Waals surface area contributed by atoms with Crippen LogP contribution in [0.15, 0.2) is 42.6 Å². The molecule has 0 bridgehead atoms. The van der Waals surface area contributed by atoms with Crippen molar-refractivity contribution in [2.24, 2.45) is 0 Å². The lowest BCUT2D eigenvalue weighted by molar-refractivity contribution is -0.124. The number of Topliss-reactive ketones (excluding diaryl/α,β-unsaturated/α-hetero) is 1. The Labute approximate surface area is 189 Å². The molecule has 0 saturated heterocycles. The SMILES string of the molecule is Cc1c(N(c2cccc3[nH]cc(C(=O)C(=O)N(C)C)c23)S(=O)[O-])sc2ccc(Cl)cc12. The van der Waals surface area contributed by atoms with Crippen LogP contribution in [0.5, 0.6) is 0 Å². The van der Waals surface area contributed by atoms with Crippen molar-refractivity contribution in [2.45, 2.75) is 6.92 Å². The Morgan fingerprint density at radius 1 is 1.19 bits per heavy atom. The van der Waals surface area contributed by atoms with Gasteiger partial charge in [-0.3, -0.25) is 18.1 Å². The van der Waals surface area contributed by atoms with E-state index in [-0.39, 0.29) is 11.3 Å². The van der Waals surface area contributed by atoms with Crippen LogP contribution in [0.4, 0.5) is 10.7 Å². The number of anilines is 2. The van der Waals surface area contributed by atoms with E-state index >= 15 is 0 Å². The number of rotatable bonds is 5. The molecule has 2 aromatic carbocycles. The fourth-order valence-corrected chi connectivity index (χ4v) is 5.63. The molecule has 0 aliphatic carbocycles. The summed E-state index contributed by atoms with van der Waals surface area (Å²) in [7, 11) is 2.97. The van der Waals surface area contributed by atoms with E-state index in [1.54, 1.807) is 30.3 Å². The Hall–Kier alpha value is -2.72. The highest BCUT2D eigenvalue weighted by Crippen LogP contribution is 2.44. The van der Waals surface area contributed by atoms with E-state index in [1.165, 1.54) is 36.5 Å². The summed E-state index contributed by atoms with van der Waals surface area (Å²) in [5.41, 5.74) is 1.69. The van der Waals surface area contributed by atoms with Crippen LogP contribution in [0.25, 0.3) is 21.0 Å². The minimum absolute atomic E-state index is 0.113. The number of nitrogens with zero attached hydrogens (tertiary/aromatic N) is 2. The lowest BCUT2D eigenvalue weighted by Gasteiger charge is -2.27. The van der Waals surface area contributed by atoms with Crippen LogP contribution in [-0.4, -0.2) is 44.4 Å². The molecule has 1 unspecified atom stereocenters. The van der Waals surface area contributed by atoms with E-state index in [4.69, 9.17) is 11.6 Å². The highest BCUT2D eigenvalue weighted by atomic mass is 35.5. The van der Waals surface area contributed by atoms with E-state index < -0.39 is 23.0 Å². The number of hydrogen-bond donors (Lipinski definition) is 1. The minimum atomic E-state index is -2.69. The van der Waals surface area contributed by atoms with Gasteiger partial charge in [0.2, 0.25) is 0 Å². The number of fused-ring (bicyclic) bond motifs is 2. The smallest absolute Gasteiger partial charge is 0.294 e. The maximum absolute atomic E-state index is 12.8. The van der Waals surface area contributed by atoms with Crippen LogP contribution in [0, 0.1) is 6.92 Å². The van der Waals surface area contributed by atoms with Gasteiger partial charge in [-0.05, 0) is 48.2 Å². The van der Waals surface area contributed by atoms with Crippen molar-refractivity contribution in [3.63, 3.8) is 0 Å². The van der Waals surface area contributed by atoms with Gasteiger partial charge in [0, 0.05) is 40.9 Å². The van der Waals surface area contributed by atoms with E-state index in [0.29, 0.717) is 20.9 Å². The molecular weight excluding hydrogens is 458 g/mol. The number of carbonyl (C=O) groups excluding carboxylic acids is 2. The lowest BCUT2D eigenvalue weighted by atomic mass is 10.1. The Morgan fingerprint density at radius 3 is 2.61 bits per heavy atom. The first-order chi connectivity index (χ1) is 14.7. The maximum atomic E-state index is 12.8. The number of nitrogens with one attached hydrogen (secondary N) is 1. The van der Waals surface area contributed by atoms with E-state index in [0.717, 1.165) is 20.0 Å². The number of likely N-dealkylation sites (N-methyl/N-ethyl adjacent to an activating group) is 1. The predicted octanol–water partition coefficient (Wildman–Crippen LogP) is 4.55. The molecule has 31 heavy (non-hydrogen) atoms. The van der Waals surface area contributed by atoms with Gasteiger partial charge in [-0.15, -0.1) is 11.3 Å². The normalized spacial score (nSPS) is 12.3. The molecule has 0 aliphatic heterocycles. The first kappa shape index (κ1) is 21.5. The van der Waals surface area contributed by atoms with Gasteiger partial charge < -0.3 is 14.4 Å². The summed E-state index contributed by atoms with van der Waals surface area (Å²) >= 11 is 4.74. The quantitative estimate of drug-likeness (QED) is 0.261. The molecule has 2 aromatic heterocycles. The molecule has 0 saturated carbocycles. The van der Waals surface area contributed by atoms with Crippen molar-refractivity contribution in [3.05, 3.63) is 58.7 Å². The number of ketones is 1. The molecule has 1 atom stereocenters. The summed E-state index contributed by atoms with van der Waals surface area (Å²) in [6.45, 7) is 1.82. The molecule has 0 spiro atoms. The molecule has 10 heteroatoms. The van der Waals surface area contributed by atoms with Gasteiger partial charge in [0.25, 0.3) is 11.7 Å². The third-order valence-electron chi connectivity index (χ3n) is 4.95. The number of aromatic amines is 1. The predicted molar refractivity (Wildman–Crippen MR) is 124 cm³/mol. The number of carbonyl (C=O) groups is 2. The number of aryl methyl sites for hydroxylation is 1. The van der Waals surface area contributed by atoms with Gasteiger partial charge in [-0.2, -0.15) is 0 Å². The molecule has 1 amide bonds. The lowest BCUT2D eigenvalue weighted by Crippen LogP contribution is -2.30. The minimum Gasteiger partial charge on any atom is -0.755 e. The Morgan fingerprint density at radius 2 is 1.94 bits per heavy atom. The van der Waals surface area contributed by atoms with Crippen molar-refractivity contribution in [2.75, 3.05) is 18.4 Å². The van der Waals surface area contributed by atoms with Crippen LogP contribution in [0.3, 0.4) is 0 Å². The Balaban J connectivity index is 1.97. The largest absolute Gasteiger partial charge is 0.755 e. The Bertz CT molecular complexity index is 1380. The van der Waals surface area contributed by atoms with Crippen molar-refractivity contribution < 1.29 is 18.4 Å². The maximum Gasteiger partial charge on any atom is 0.294 e. The number of hydrogen-bond acceptors (Lipinski definition) is 5. The van der Waals surface area contributed by atoms with Crippen LogP contribution in [0.2, 0.25) is 5.02 Å². The molecule has 4 aromatic rings. The standard InChI is InChI=1S/C21H18ClN3O4S2/c1-11-13-9-12(22)7-8-17(13)30-21(11)25(31(28)29)16-6-4-5-15-18(16)14(10-23-15)19(26)20(27)24(2)3/h4-10,23H,1-3H3,(H,28,29)/p-1. The number of aromatic nitrogens is 1. The molecule has 4 rings (SSSR count).